The molecule has 6 heteroatoms. The Morgan fingerprint density at radius 3 is 2.42 bits per heavy atom. The van der Waals surface area contributed by atoms with E-state index in [4.69, 9.17) is 21.1 Å². The number of aliphatic imine (C=N–C) groups is 1. The first kappa shape index (κ1) is 20.2. The predicted molar refractivity (Wildman–Crippen MR) is 102 cm³/mol. The molecule has 0 saturated heterocycles. The van der Waals surface area contributed by atoms with E-state index in [0.29, 0.717) is 28.4 Å². The Labute approximate surface area is 159 Å². The summed E-state index contributed by atoms with van der Waals surface area (Å²) in [4.78, 5) is 29.8. The second-order valence-corrected chi connectivity index (χ2v) is 6.43. The number of esters is 2. The van der Waals surface area contributed by atoms with Crippen LogP contribution in [-0.2, 0) is 19.1 Å². The van der Waals surface area contributed by atoms with Gasteiger partial charge in [-0.3, -0.25) is 9.79 Å². The molecule has 1 aromatic rings. The van der Waals surface area contributed by atoms with E-state index in [2.05, 4.69) is 4.99 Å². The summed E-state index contributed by atoms with van der Waals surface area (Å²) >= 11 is 6.12. The van der Waals surface area contributed by atoms with Gasteiger partial charge in [0.1, 0.15) is 5.92 Å². The maximum absolute atomic E-state index is 12.7. The molecule has 0 radical (unpaired) electrons. The molecule has 0 aromatic heterocycles. The molecule has 2 unspecified atom stereocenters. The smallest absolute Gasteiger partial charge is 0.336 e. The molecular formula is C20H24ClNO4. The average molecular weight is 378 g/mol. The Morgan fingerprint density at radius 1 is 1.15 bits per heavy atom. The Balaban J connectivity index is 2.64. The van der Waals surface area contributed by atoms with E-state index in [0.717, 1.165) is 5.56 Å². The van der Waals surface area contributed by atoms with Crippen LogP contribution in [-0.4, -0.2) is 30.9 Å². The summed E-state index contributed by atoms with van der Waals surface area (Å²) in [7, 11) is 0. The third-order valence-corrected chi connectivity index (χ3v) is 4.58. The summed E-state index contributed by atoms with van der Waals surface area (Å²) in [5.41, 5.74) is 2.26. The van der Waals surface area contributed by atoms with Crippen LogP contribution >= 0.6 is 11.6 Å². The Morgan fingerprint density at radius 2 is 1.85 bits per heavy atom. The molecule has 1 aliphatic rings. The maximum atomic E-state index is 12.7. The summed E-state index contributed by atoms with van der Waals surface area (Å²) in [5.74, 6) is -1.78. The third kappa shape index (κ3) is 4.15. The first-order chi connectivity index (χ1) is 12.4. The fourth-order valence-electron chi connectivity index (χ4n) is 3.26. The second-order valence-electron chi connectivity index (χ2n) is 5.99. The quantitative estimate of drug-likeness (QED) is 0.693. The van der Waals surface area contributed by atoms with Gasteiger partial charge in [-0.15, -0.1) is 0 Å². The monoisotopic (exact) mass is 377 g/mol. The normalized spacial score (nSPS) is 19.8. The van der Waals surface area contributed by atoms with Crippen molar-refractivity contribution < 1.29 is 19.1 Å². The van der Waals surface area contributed by atoms with E-state index >= 15 is 0 Å². The zero-order chi connectivity index (χ0) is 19.3. The SMILES string of the molecule is CCOC(=O)C1=C(c2cccc(Cl)c2)N=C(C)C(C(=O)OCC)C1CC. The topological polar surface area (TPSA) is 65.0 Å². The van der Waals surface area contributed by atoms with Gasteiger partial charge in [-0.25, -0.2) is 4.79 Å². The highest BCUT2D eigenvalue weighted by atomic mass is 35.5. The molecule has 0 fully saturated rings. The lowest BCUT2D eigenvalue weighted by Gasteiger charge is -2.31. The minimum Gasteiger partial charge on any atom is -0.465 e. The van der Waals surface area contributed by atoms with Crippen molar-refractivity contribution in [3.63, 3.8) is 0 Å². The molecule has 1 heterocycles. The van der Waals surface area contributed by atoms with Gasteiger partial charge in [-0.2, -0.15) is 0 Å². The molecule has 1 aromatic carbocycles. The summed E-state index contributed by atoms with van der Waals surface area (Å²) in [6, 6.07) is 7.16. The van der Waals surface area contributed by atoms with E-state index in [1.54, 1.807) is 39.0 Å². The van der Waals surface area contributed by atoms with E-state index in [-0.39, 0.29) is 25.1 Å². The van der Waals surface area contributed by atoms with Crippen molar-refractivity contribution in [3.05, 3.63) is 40.4 Å². The molecular weight excluding hydrogens is 354 g/mol. The van der Waals surface area contributed by atoms with Crippen molar-refractivity contribution >= 4 is 34.9 Å². The van der Waals surface area contributed by atoms with Crippen LogP contribution in [0.15, 0.2) is 34.8 Å². The number of hydrogen-bond donors (Lipinski definition) is 0. The Kier molecular flexibility index (Phi) is 6.98. The van der Waals surface area contributed by atoms with Gasteiger partial charge in [0.15, 0.2) is 0 Å². The number of carbonyl (C=O) groups excluding carboxylic acids is 2. The number of hydrogen-bond acceptors (Lipinski definition) is 5. The first-order valence-electron chi connectivity index (χ1n) is 8.83. The lowest BCUT2D eigenvalue weighted by atomic mass is 9.77. The zero-order valence-corrected chi connectivity index (χ0v) is 16.3. The fourth-order valence-corrected chi connectivity index (χ4v) is 3.45. The number of nitrogens with zero attached hydrogens (tertiary/aromatic N) is 1. The molecule has 0 spiro atoms. The predicted octanol–water partition coefficient (Wildman–Crippen LogP) is 4.29. The van der Waals surface area contributed by atoms with Crippen LogP contribution in [0, 0.1) is 11.8 Å². The van der Waals surface area contributed by atoms with Crippen molar-refractivity contribution in [2.45, 2.75) is 34.1 Å². The molecule has 140 valence electrons. The fraction of sp³-hybridized carbons (Fsp3) is 0.450. The van der Waals surface area contributed by atoms with Crippen LogP contribution in [0.4, 0.5) is 0 Å². The molecule has 0 bridgehead atoms. The van der Waals surface area contributed by atoms with Crippen molar-refractivity contribution in [3.8, 4) is 0 Å². The van der Waals surface area contributed by atoms with Gasteiger partial charge in [-0.1, -0.05) is 30.7 Å². The van der Waals surface area contributed by atoms with Crippen molar-refractivity contribution in [1.82, 2.24) is 0 Å². The van der Waals surface area contributed by atoms with Gasteiger partial charge >= 0.3 is 11.9 Å². The van der Waals surface area contributed by atoms with Crippen molar-refractivity contribution in [2.24, 2.45) is 16.8 Å². The lowest BCUT2D eigenvalue weighted by molar-refractivity contribution is -0.147. The van der Waals surface area contributed by atoms with Crippen LogP contribution in [0.2, 0.25) is 5.02 Å². The van der Waals surface area contributed by atoms with Gasteiger partial charge in [0.25, 0.3) is 0 Å². The molecule has 0 amide bonds. The molecule has 2 rings (SSSR count). The van der Waals surface area contributed by atoms with Crippen molar-refractivity contribution in [2.75, 3.05) is 13.2 Å². The van der Waals surface area contributed by atoms with Gasteiger partial charge in [0.05, 0.1) is 24.5 Å². The molecule has 1 aliphatic heterocycles. The Bertz CT molecular complexity index is 754. The van der Waals surface area contributed by atoms with E-state index in [1.165, 1.54) is 0 Å². The maximum Gasteiger partial charge on any atom is 0.336 e. The largest absolute Gasteiger partial charge is 0.465 e. The molecule has 2 atom stereocenters. The molecule has 26 heavy (non-hydrogen) atoms. The van der Waals surface area contributed by atoms with Crippen LogP contribution in [0.3, 0.4) is 0 Å². The highest BCUT2D eigenvalue weighted by molar-refractivity contribution is 6.30. The third-order valence-electron chi connectivity index (χ3n) is 4.34. The number of rotatable bonds is 6. The van der Waals surface area contributed by atoms with Gasteiger partial charge in [0, 0.05) is 22.2 Å². The summed E-state index contributed by atoms with van der Waals surface area (Å²) in [6.45, 7) is 7.75. The zero-order valence-electron chi connectivity index (χ0n) is 15.5. The van der Waals surface area contributed by atoms with Gasteiger partial charge in [-0.05, 0) is 39.3 Å². The summed E-state index contributed by atoms with van der Waals surface area (Å²) in [6.07, 6.45) is 0.578. The molecule has 0 N–H and O–H groups in total. The number of benzene rings is 1. The second kappa shape index (κ2) is 8.99. The van der Waals surface area contributed by atoms with Crippen molar-refractivity contribution in [1.29, 1.82) is 0 Å². The highest BCUT2D eigenvalue weighted by Gasteiger charge is 2.41. The Hall–Kier alpha value is -2.14. The van der Waals surface area contributed by atoms with Gasteiger partial charge in [0.2, 0.25) is 0 Å². The number of carbonyl (C=O) groups is 2. The highest BCUT2D eigenvalue weighted by Crippen LogP contribution is 2.39. The van der Waals surface area contributed by atoms with Gasteiger partial charge < -0.3 is 9.47 Å². The average Bonchev–Trinajstić information content (AvgIpc) is 2.60. The molecule has 0 aliphatic carbocycles. The summed E-state index contributed by atoms with van der Waals surface area (Å²) in [5, 5.41) is 0.548. The minimum absolute atomic E-state index is 0.244. The number of halogens is 1. The number of ether oxygens (including phenoxy) is 2. The van der Waals surface area contributed by atoms with E-state index < -0.39 is 11.9 Å². The molecule has 5 nitrogen and oxygen atoms in total. The van der Waals surface area contributed by atoms with Crippen LogP contribution < -0.4 is 0 Å². The standard InChI is InChI=1S/C20H24ClNO4/c1-5-15-16(19(23)25-6-2)12(4)22-18(17(15)20(24)26-7-3)13-9-8-10-14(21)11-13/h8-11,15-16H,5-7H2,1-4H3. The van der Waals surface area contributed by atoms with Crippen LogP contribution in [0.25, 0.3) is 5.70 Å². The first-order valence-corrected chi connectivity index (χ1v) is 9.21. The lowest BCUT2D eigenvalue weighted by Crippen LogP contribution is -2.37. The van der Waals surface area contributed by atoms with E-state index in [1.807, 2.05) is 13.0 Å². The summed E-state index contributed by atoms with van der Waals surface area (Å²) < 4.78 is 10.5. The van der Waals surface area contributed by atoms with Crippen LogP contribution in [0.5, 0.6) is 0 Å². The molecule has 0 saturated carbocycles. The van der Waals surface area contributed by atoms with Crippen LogP contribution in [0.1, 0.15) is 39.7 Å². The van der Waals surface area contributed by atoms with E-state index in [9.17, 15) is 9.59 Å². The minimum atomic E-state index is -0.595.